The number of benzene rings is 1. The average Bonchev–Trinajstić information content (AvgIpc) is 2.52. The fourth-order valence-electron chi connectivity index (χ4n) is 2.25. The number of halogens is 1. The van der Waals surface area contributed by atoms with Crippen molar-refractivity contribution >= 4 is 33.2 Å². The van der Waals surface area contributed by atoms with Crippen LogP contribution in [0.5, 0.6) is 0 Å². The van der Waals surface area contributed by atoms with E-state index < -0.39 is 0 Å². The van der Waals surface area contributed by atoms with Crippen LogP contribution in [-0.2, 0) is 0 Å². The molecule has 0 aliphatic heterocycles. The fraction of sp³-hybridized carbons (Fsp3) is 0.294. The molecule has 1 N–H and O–H groups in total. The Morgan fingerprint density at radius 1 is 1.23 bits per heavy atom. The molecule has 0 spiro atoms. The predicted octanol–water partition coefficient (Wildman–Crippen LogP) is 4.25. The van der Waals surface area contributed by atoms with Crippen molar-refractivity contribution in [2.45, 2.75) is 20.8 Å². The smallest absolute Gasteiger partial charge is 0.274 e. The van der Waals surface area contributed by atoms with Crippen LogP contribution in [0.4, 0.5) is 11.4 Å². The highest BCUT2D eigenvalue weighted by atomic mass is 79.9. The lowest BCUT2D eigenvalue weighted by Crippen LogP contribution is -2.22. The van der Waals surface area contributed by atoms with E-state index in [1.54, 1.807) is 12.3 Å². The van der Waals surface area contributed by atoms with Crippen molar-refractivity contribution in [2.24, 2.45) is 0 Å². The Balaban J connectivity index is 2.13. The minimum atomic E-state index is -0.198. The number of pyridine rings is 1. The van der Waals surface area contributed by atoms with E-state index in [0.717, 1.165) is 34.5 Å². The molecule has 2 aromatic rings. The maximum atomic E-state index is 12.3. The minimum Gasteiger partial charge on any atom is -0.371 e. The molecule has 22 heavy (non-hydrogen) atoms. The summed E-state index contributed by atoms with van der Waals surface area (Å²) in [5, 5.41) is 2.89. The first-order valence-electron chi connectivity index (χ1n) is 7.33. The second-order valence-corrected chi connectivity index (χ2v) is 5.90. The van der Waals surface area contributed by atoms with Gasteiger partial charge in [-0.25, -0.2) is 4.98 Å². The van der Waals surface area contributed by atoms with Gasteiger partial charge in [-0.05, 0) is 56.7 Å². The molecular formula is C17H20BrN3O. The SMILES string of the molecule is CCN(CC)c1ccc(C(=O)Nc2ccc(Br)cc2C)nc1. The van der Waals surface area contributed by atoms with Gasteiger partial charge >= 0.3 is 0 Å². The Morgan fingerprint density at radius 3 is 2.50 bits per heavy atom. The van der Waals surface area contributed by atoms with Gasteiger partial charge < -0.3 is 10.2 Å². The van der Waals surface area contributed by atoms with E-state index in [1.807, 2.05) is 31.2 Å². The molecule has 0 fully saturated rings. The zero-order valence-electron chi connectivity index (χ0n) is 13.1. The second-order valence-electron chi connectivity index (χ2n) is 4.99. The van der Waals surface area contributed by atoms with Gasteiger partial charge in [0.15, 0.2) is 0 Å². The third-order valence-corrected chi connectivity index (χ3v) is 4.04. The van der Waals surface area contributed by atoms with E-state index >= 15 is 0 Å². The highest BCUT2D eigenvalue weighted by Crippen LogP contribution is 2.21. The minimum absolute atomic E-state index is 0.198. The molecule has 0 unspecified atom stereocenters. The topological polar surface area (TPSA) is 45.2 Å². The number of aryl methyl sites for hydroxylation is 1. The number of aromatic nitrogens is 1. The van der Waals surface area contributed by atoms with Crippen molar-refractivity contribution in [3.8, 4) is 0 Å². The van der Waals surface area contributed by atoms with Gasteiger partial charge in [0.25, 0.3) is 5.91 Å². The van der Waals surface area contributed by atoms with E-state index in [0.29, 0.717) is 5.69 Å². The van der Waals surface area contributed by atoms with Crippen LogP contribution in [0.15, 0.2) is 41.0 Å². The molecular weight excluding hydrogens is 342 g/mol. The van der Waals surface area contributed by atoms with Crippen LogP contribution in [-0.4, -0.2) is 24.0 Å². The van der Waals surface area contributed by atoms with Gasteiger partial charge in [0.1, 0.15) is 5.69 Å². The Labute approximate surface area is 139 Å². The molecule has 116 valence electrons. The largest absolute Gasteiger partial charge is 0.371 e. The summed E-state index contributed by atoms with van der Waals surface area (Å²) in [6.07, 6.45) is 1.75. The van der Waals surface area contributed by atoms with Crippen molar-refractivity contribution in [3.05, 3.63) is 52.3 Å². The number of carbonyl (C=O) groups is 1. The van der Waals surface area contributed by atoms with Gasteiger partial charge in [0, 0.05) is 23.2 Å². The van der Waals surface area contributed by atoms with Crippen LogP contribution < -0.4 is 10.2 Å². The molecule has 4 nitrogen and oxygen atoms in total. The van der Waals surface area contributed by atoms with Crippen LogP contribution in [0.25, 0.3) is 0 Å². The fourth-order valence-corrected chi connectivity index (χ4v) is 2.73. The number of rotatable bonds is 5. The van der Waals surface area contributed by atoms with Crippen molar-refractivity contribution in [3.63, 3.8) is 0 Å². The highest BCUT2D eigenvalue weighted by molar-refractivity contribution is 9.10. The molecule has 1 amide bonds. The van der Waals surface area contributed by atoms with E-state index in [9.17, 15) is 4.79 Å². The summed E-state index contributed by atoms with van der Waals surface area (Å²) in [4.78, 5) is 18.7. The first-order valence-corrected chi connectivity index (χ1v) is 8.13. The number of anilines is 2. The zero-order valence-corrected chi connectivity index (χ0v) is 14.6. The number of nitrogens with zero attached hydrogens (tertiary/aromatic N) is 2. The van der Waals surface area contributed by atoms with E-state index in [1.165, 1.54) is 0 Å². The number of nitrogens with one attached hydrogen (secondary N) is 1. The lowest BCUT2D eigenvalue weighted by molar-refractivity contribution is 0.102. The standard InChI is InChI=1S/C17H20BrN3O/c1-4-21(5-2)14-7-9-16(19-11-14)17(22)20-15-8-6-13(18)10-12(15)3/h6-11H,4-5H2,1-3H3,(H,20,22). The Kier molecular flexibility index (Phi) is 5.55. The number of amides is 1. The predicted molar refractivity (Wildman–Crippen MR) is 94.6 cm³/mol. The summed E-state index contributed by atoms with van der Waals surface area (Å²) in [7, 11) is 0. The van der Waals surface area contributed by atoms with Crippen LogP contribution >= 0.6 is 15.9 Å². The van der Waals surface area contributed by atoms with Crippen molar-refractivity contribution < 1.29 is 4.79 Å². The second kappa shape index (κ2) is 7.40. The first kappa shape index (κ1) is 16.5. The number of hydrogen-bond acceptors (Lipinski definition) is 3. The van der Waals surface area contributed by atoms with Gasteiger partial charge in [0.2, 0.25) is 0 Å². The molecule has 0 bridgehead atoms. The normalized spacial score (nSPS) is 10.4. The van der Waals surface area contributed by atoms with Crippen molar-refractivity contribution in [2.75, 3.05) is 23.3 Å². The maximum Gasteiger partial charge on any atom is 0.274 e. The molecule has 1 aromatic carbocycles. The molecule has 0 radical (unpaired) electrons. The van der Waals surface area contributed by atoms with Crippen LogP contribution in [0.1, 0.15) is 29.9 Å². The molecule has 1 aromatic heterocycles. The van der Waals surface area contributed by atoms with Gasteiger partial charge in [-0.1, -0.05) is 15.9 Å². The summed E-state index contributed by atoms with van der Waals surface area (Å²) in [6.45, 7) is 7.99. The first-order chi connectivity index (χ1) is 10.5. The number of carbonyl (C=O) groups excluding carboxylic acids is 1. The lowest BCUT2D eigenvalue weighted by Gasteiger charge is -2.20. The molecule has 0 aliphatic carbocycles. The van der Waals surface area contributed by atoms with Gasteiger partial charge in [0.05, 0.1) is 11.9 Å². The molecule has 0 saturated carbocycles. The quantitative estimate of drug-likeness (QED) is 0.865. The Morgan fingerprint density at radius 2 is 1.95 bits per heavy atom. The van der Waals surface area contributed by atoms with Gasteiger partial charge in [-0.2, -0.15) is 0 Å². The summed E-state index contributed by atoms with van der Waals surface area (Å²) in [5.74, 6) is -0.198. The van der Waals surface area contributed by atoms with E-state index in [2.05, 4.69) is 45.0 Å². The highest BCUT2D eigenvalue weighted by Gasteiger charge is 2.10. The van der Waals surface area contributed by atoms with E-state index in [-0.39, 0.29) is 5.91 Å². The molecule has 0 aliphatic rings. The Bertz CT molecular complexity index is 651. The lowest BCUT2D eigenvalue weighted by atomic mass is 10.2. The van der Waals surface area contributed by atoms with Gasteiger partial charge in [-0.15, -0.1) is 0 Å². The molecule has 1 heterocycles. The van der Waals surface area contributed by atoms with E-state index in [4.69, 9.17) is 0 Å². The third-order valence-electron chi connectivity index (χ3n) is 3.55. The average molecular weight is 362 g/mol. The summed E-state index contributed by atoms with van der Waals surface area (Å²) in [6, 6.07) is 9.44. The molecule has 2 rings (SSSR count). The van der Waals surface area contributed by atoms with Crippen molar-refractivity contribution in [1.82, 2.24) is 4.98 Å². The van der Waals surface area contributed by atoms with Crippen LogP contribution in [0.3, 0.4) is 0 Å². The summed E-state index contributed by atoms with van der Waals surface area (Å²) >= 11 is 3.41. The maximum absolute atomic E-state index is 12.3. The van der Waals surface area contributed by atoms with Crippen LogP contribution in [0.2, 0.25) is 0 Å². The van der Waals surface area contributed by atoms with Crippen molar-refractivity contribution in [1.29, 1.82) is 0 Å². The molecule has 0 atom stereocenters. The summed E-state index contributed by atoms with van der Waals surface area (Å²) in [5.41, 5.74) is 3.24. The van der Waals surface area contributed by atoms with Crippen LogP contribution in [0, 0.1) is 6.92 Å². The number of hydrogen-bond donors (Lipinski definition) is 1. The zero-order chi connectivity index (χ0) is 16.1. The van der Waals surface area contributed by atoms with Gasteiger partial charge in [-0.3, -0.25) is 4.79 Å². The Hall–Kier alpha value is -1.88. The summed E-state index contributed by atoms with van der Waals surface area (Å²) < 4.78 is 0.990. The molecule has 0 saturated heterocycles. The third kappa shape index (κ3) is 3.85. The monoisotopic (exact) mass is 361 g/mol. The molecule has 5 heteroatoms.